The van der Waals surface area contributed by atoms with Gasteiger partial charge in [0.1, 0.15) is 0 Å². The molecule has 6 heteroatoms. The number of hydrogen-bond acceptors (Lipinski definition) is 4. The van der Waals surface area contributed by atoms with Gasteiger partial charge < -0.3 is 10.5 Å². The molecule has 0 saturated carbocycles. The van der Waals surface area contributed by atoms with Crippen LogP contribution in [0, 0.1) is 6.92 Å². The van der Waals surface area contributed by atoms with Gasteiger partial charge in [-0.05, 0) is 44.5 Å². The van der Waals surface area contributed by atoms with E-state index in [1.165, 1.54) is 13.2 Å². The molecule has 102 valence electrons. The van der Waals surface area contributed by atoms with Crippen LogP contribution in [0.15, 0.2) is 23.1 Å². The molecule has 0 atom stereocenters. The average Bonchev–Trinajstić information content (AvgIpc) is 2.13. The number of methoxy groups -OCH3 is 1. The van der Waals surface area contributed by atoms with Crippen molar-refractivity contribution in [3.8, 4) is 0 Å². The van der Waals surface area contributed by atoms with Crippen LogP contribution in [-0.2, 0) is 14.8 Å². The molecule has 3 N–H and O–H groups in total. The lowest BCUT2D eigenvalue weighted by Gasteiger charge is -2.25. The molecule has 0 aromatic heterocycles. The van der Waals surface area contributed by atoms with E-state index in [2.05, 4.69) is 4.72 Å². The highest BCUT2D eigenvalue weighted by molar-refractivity contribution is 7.89. The van der Waals surface area contributed by atoms with Crippen molar-refractivity contribution >= 4 is 15.7 Å². The van der Waals surface area contributed by atoms with Gasteiger partial charge in [0.15, 0.2) is 0 Å². The molecule has 0 spiro atoms. The highest BCUT2D eigenvalue weighted by Gasteiger charge is 2.26. The van der Waals surface area contributed by atoms with E-state index in [1.807, 2.05) is 0 Å². The Morgan fingerprint density at radius 2 is 1.94 bits per heavy atom. The Morgan fingerprint density at radius 1 is 1.33 bits per heavy atom. The second kappa shape index (κ2) is 5.26. The molecule has 0 heterocycles. The molecular weight excluding hydrogens is 252 g/mol. The zero-order valence-electron chi connectivity index (χ0n) is 11.1. The first-order chi connectivity index (χ1) is 8.16. The van der Waals surface area contributed by atoms with Crippen LogP contribution in [0.5, 0.6) is 0 Å². The van der Waals surface area contributed by atoms with Gasteiger partial charge in [-0.3, -0.25) is 0 Å². The van der Waals surface area contributed by atoms with E-state index < -0.39 is 15.6 Å². The first-order valence-electron chi connectivity index (χ1n) is 5.56. The van der Waals surface area contributed by atoms with Crippen molar-refractivity contribution in [3.05, 3.63) is 23.8 Å². The number of benzene rings is 1. The Labute approximate surface area is 108 Å². The summed E-state index contributed by atoms with van der Waals surface area (Å²) >= 11 is 0. The summed E-state index contributed by atoms with van der Waals surface area (Å²) in [6.45, 7) is 5.60. The van der Waals surface area contributed by atoms with Gasteiger partial charge >= 0.3 is 0 Å². The van der Waals surface area contributed by atoms with Crippen molar-refractivity contribution < 1.29 is 13.2 Å². The van der Waals surface area contributed by atoms with Crippen LogP contribution >= 0.6 is 0 Å². The second-order valence-electron chi connectivity index (χ2n) is 5.00. The maximum atomic E-state index is 12.2. The van der Waals surface area contributed by atoms with E-state index in [1.54, 1.807) is 32.9 Å². The zero-order chi connectivity index (χ0) is 14.0. The number of nitrogens with two attached hydrogens (primary N) is 1. The third-order valence-corrected chi connectivity index (χ3v) is 3.98. The molecule has 0 aliphatic carbocycles. The van der Waals surface area contributed by atoms with Crippen LogP contribution in [-0.4, -0.2) is 27.7 Å². The third-order valence-electron chi connectivity index (χ3n) is 2.30. The van der Waals surface area contributed by atoms with E-state index in [-0.39, 0.29) is 11.5 Å². The number of rotatable bonds is 5. The van der Waals surface area contributed by atoms with Crippen LogP contribution in [0.25, 0.3) is 0 Å². The maximum absolute atomic E-state index is 12.2. The number of anilines is 1. The van der Waals surface area contributed by atoms with E-state index in [9.17, 15) is 8.42 Å². The predicted octanol–water partition coefficient (Wildman–Crippen LogP) is 1.28. The molecule has 1 rings (SSSR count). The minimum absolute atomic E-state index is 0.171. The van der Waals surface area contributed by atoms with Crippen molar-refractivity contribution in [2.75, 3.05) is 19.5 Å². The van der Waals surface area contributed by atoms with Crippen LogP contribution in [0.4, 0.5) is 5.69 Å². The molecule has 0 fully saturated rings. The molecule has 0 amide bonds. The summed E-state index contributed by atoms with van der Waals surface area (Å²) in [6, 6.07) is 4.75. The average molecular weight is 272 g/mol. The second-order valence-corrected chi connectivity index (χ2v) is 6.68. The molecule has 5 nitrogen and oxygen atoms in total. The standard InChI is InChI=1S/C12H20N2O3S/c1-9-5-10(13)7-11(6-9)18(15,16)14-12(2,3)8-17-4/h5-7,14H,8,13H2,1-4H3. The Morgan fingerprint density at radius 3 is 2.44 bits per heavy atom. The molecule has 1 aromatic carbocycles. The van der Waals surface area contributed by atoms with Gasteiger partial charge in [-0.15, -0.1) is 0 Å². The third kappa shape index (κ3) is 3.97. The quantitative estimate of drug-likeness (QED) is 0.791. The highest BCUT2D eigenvalue weighted by Crippen LogP contribution is 2.18. The molecule has 0 aliphatic rings. The topological polar surface area (TPSA) is 81.4 Å². The summed E-state index contributed by atoms with van der Waals surface area (Å²) in [6.07, 6.45) is 0. The van der Waals surface area contributed by atoms with Crippen LogP contribution < -0.4 is 10.5 Å². The largest absolute Gasteiger partial charge is 0.399 e. The summed E-state index contributed by atoms with van der Waals surface area (Å²) < 4.78 is 32.0. The lowest BCUT2D eigenvalue weighted by Crippen LogP contribution is -2.46. The SMILES string of the molecule is COCC(C)(C)NS(=O)(=O)c1cc(C)cc(N)c1. The summed E-state index contributed by atoms with van der Waals surface area (Å²) in [5.41, 5.74) is 6.22. The molecule has 0 aliphatic heterocycles. The van der Waals surface area contributed by atoms with Crippen LogP contribution in [0.3, 0.4) is 0 Å². The molecule has 0 radical (unpaired) electrons. The van der Waals surface area contributed by atoms with Crippen molar-refractivity contribution in [3.63, 3.8) is 0 Å². The smallest absolute Gasteiger partial charge is 0.241 e. The normalized spacial score (nSPS) is 12.7. The van der Waals surface area contributed by atoms with Gasteiger partial charge in [0.2, 0.25) is 10.0 Å². The first-order valence-corrected chi connectivity index (χ1v) is 7.05. The Hall–Kier alpha value is -1.11. The minimum Gasteiger partial charge on any atom is -0.399 e. The molecule has 1 aromatic rings. The fourth-order valence-corrected chi connectivity index (χ4v) is 3.28. The highest BCUT2D eigenvalue weighted by atomic mass is 32.2. The number of aryl methyl sites for hydroxylation is 1. The number of ether oxygens (including phenoxy) is 1. The fourth-order valence-electron chi connectivity index (χ4n) is 1.74. The lowest BCUT2D eigenvalue weighted by molar-refractivity contribution is 0.141. The molecule has 0 saturated heterocycles. The summed E-state index contributed by atoms with van der Waals surface area (Å²) in [5.74, 6) is 0. The lowest BCUT2D eigenvalue weighted by atomic mass is 10.1. The fraction of sp³-hybridized carbons (Fsp3) is 0.500. The van der Waals surface area contributed by atoms with Crippen molar-refractivity contribution in [2.45, 2.75) is 31.2 Å². The van der Waals surface area contributed by atoms with Gasteiger partial charge in [0, 0.05) is 12.8 Å². The Kier molecular flexibility index (Phi) is 4.37. The van der Waals surface area contributed by atoms with Gasteiger partial charge in [-0.25, -0.2) is 13.1 Å². The maximum Gasteiger partial charge on any atom is 0.241 e. The number of nitrogen functional groups attached to an aromatic ring is 1. The van der Waals surface area contributed by atoms with Crippen LogP contribution in [0.1, 0.15) is 19.4 Å². The first kappa shape index (κ1) is 14.9. The summed E-state index contributed by atoms with van der Waals surface area (Å²) in [4.78, 5) is 0.171. The van der Waals surface area contributed by atoms with E-state index >= 15 is 0 Å². The predicted molar refractivity (Wildman–Crippen MR) is 71.9 cm³/mol. The zero-order valence-corrected chi connectivity index (χ0v) is 12.0. The van der Waals surface area contributed by atoms with Gasteiger partial charge in [0.25, 0.3) is 0 Å². The summed E-state index contributed by atoms with van der Waals surface area (Å²) in [5, 5.41) is 0. The van der Waals surface area contributed by atoms with Gasteiger partial charge in [-0.1, -0.05) is 0 Å². The van der Waals surface area contributed by atoms with Crippen molar-refractivity contribution in [1.82, 2.24) is 4.72 Å². The Bertz CT molecular complexity index is 504. The van der Waals surface area contributed by atoms with Crippen LogP contribution in [0.2, 0.25) is 0 Å². The minimum atomic E-state index is -3.60. The number of sulfonamides is 1. The van der Waals surface area contributed by atoms with Gasteiger partial charge in [-0.2, -0.15) is 0 Å². The molecule has 0 bridgehead atoms. The molecule has 0 unspecified atom stereocenters. The molecule has 18 heavy (non-hydrogen) atoms. The number of hydrogen-bond donors (Lipinski definition) is 2. The van der Waals surface area contributed by atoms with E-state index in [4.69, 9.17) is 10.5 Å². The van der Waals surface area contributed by atoms with Crippen molar-refractivity contribution in [1.29, 1.82) is 0 Å². The van der Waals surface area contributed by atoms with E-state index in [0.717, 1.165) is 5.56 Å². The van der Waals surface area contributed by atoms with E-state index in [0.29, 0.717) is 5.69 Å². The monoisotopic (exact) mass is 272 g/mol. The number of nitrogens with one attached hydrogen (secondary N) is 1. The summed E-state index contributed by atoms with van der Waals surface area (Å²) in [7, 11) is -2.07. The van der Waals surface area contributed by atoms with Crippen molar-refractivity contribution in [2.24, 2.45) is 0 Å². The Balaban J connectivity index is 3.07. The molecular formula is C12H20N2O3S. The van der Waals surface area contributed by atoms with Gasteiger partial charge in [0.05, 0.1) is 17.0 Å².